The van der Waals surface area contributed by atoms with Gasteiger partial charge in [-0.05, 0) is 53.5 Å². The van der Waals surface area contributed by atoms with E-state index in [0.717, 1.165) is 21.3 Å². The number of ether oxygens (including phenoxy) is 1. The van der Waals surface area contributed by atoms with E-state index >= 15 is 0 Å². The van der Waals surface area contributed by atoms with Gasteiger partial charge in [0.25, 0.3) is 5.91 Å². The number of hydrogen-bond donors (Lipinski definition) is 2. The Hall–Kier alpha value is -1.85. The maximum atomic E-state index is 12.2. The number of quaternary nitrogens is 1. The topological polar surface area (TPSA) is 54.9 Å². The van der Waals surface area contributed by atoms with Crippen LogP contribution in [-0.2, 0) is 4.79 Å². The molecule has 0 unspecified atom stereocenters. The van der Waals surface area contributed by atoms with Crippen molar-refractivity contribution < 1.29 is 14.8 Å². The molecular formula is C19H24BrN2O2+. The lowest BCUT2D eigenvalue weighted by Crippen LogP contribution is -2.87. The van der Waals surface area contributed by atoms with Crippen LogP contribution in [0.2, 0.25) is 0 Å². The number of rotatable bonds is 7. The second-order valence-electron chi connectivity index (χ2n) is 5.82. The summed E-state index contributed by atoms with van der Waals surface area (Å²) in [5.41, 5.74) is 2.25. The van der Waals surface area contributed by atoms with Crippen LogP contribution in [0.4, 0.5) is 0 Å². The van der Waals surface area contributed by atoms with Gasteiger partial charge in [-0.1, -0.05) is 30.3 Å². The molecule has 5 heteroatoms. The molecule has 1 amide bonds. The summed E-state index contributed by atoms with van der Waals surface area (Å²) in [7, 11) is 1.65. The van der Waals surface area contributed by atoms with Crippen LogP contribution >= 0.6 is 15.9 Å². The van der Waals surface area contributed by atoms with Gasteiger partial charge in [0, 0.05) is 5.56 Å². The van der Waals surface area contributed by atoms with Crippen molar-refractivity contribution in [3.63, 3.8) is 0 Å². The first-order valence-corrected chi connectivity index (χ1v) is 8.81. The third-order valence-corrected chi connectivity index (χ3v) is 4.66. The molecule has 0 saturated carbocycles. The lowest BCUT2D eigenvalue weighted by Gasteiger charge is -2.16. The molecule has 3 N–H and O–H groups in total. The third-order valence-electron chi connectivity index (χ3n) is 4.04. The zero-order valence-corrected chi connectivity index (χ0v) is 15.8. The van der Waals surface area contributed by atoms with Crippen LogP contribution < -0.4 is 15.4 Å². The number of halogens is 1. The first-order valence-electron chi connectivity index (χ1n) is 8.02. The van der Waals surface area contributed by atoms with Crippen molar-refractivity contribution >= 4 is 21.8 Å². The highest BCUT2D eigenvalue weighted by atomic mass is 79.9. The molecule has 128 valence electrons. The highest BCUT2D eigenvalue weighted by molar-refractivity contribution is 9.10. The molecule has 2 atom stereocenters. The van der Waals surface area contributed by atoms with Crippen LogP contribution in [-0.4, -0.2) is 19.6 Å². The number of benzene rings is 2. The number of nitrogens with one attached hydrogen (secondary N) is 1. The average molecular weight is 392 g/mol. The number of methoxy groups -OCH3 is 1. The summed E-state index contributed by atoms with van der Waals surface area (Å²) in [6.45, 7) is 4.47. The van der Waals surface area contributed by atoms with Crippen molar-refractivity contribution in [2.75, 3.05) is 13.7 Å². The fourth-order valence-electron chi connectivity index (χ4n) is 2.51. The quantitative estimate of drug-likeness (QED) is 0.761. The Kier molecular flexibility index (Phi) is 6.82. The van der Waals surface area contributed by atoms with E-state index in [0.29, 0.717) is 6.54 Å². The molecule has 0 bridgehead atoms. The number of carbonyl (C=O) groups excluding carboxylic acids is 1. The number of hydrogen-bond acceptors (Lipinski definition) is 2. The van der Waals surface area contributed by atoms with Crippen LogP contribution in [0.5, 0.6) is 5.75 Å². The maximum absolute atomic E-state index is 12.2. The molecule has 24 heavy (non-hydrogen) atoms. The molecule has 2 rings (SSSR count). The van der Waals surface area contributed by atoms with E-state index in [2.05, 4.69) is 28.2 Å². The zero-order valence-electron chi connectivity index (χ0n) is 14.3. The monoisotopic (exact) mass is 391 g/mol. The van der Waals surface area contributed by atoms with Gasteiger partial charge in [-0.25, -0.2) is 0 Å². The molecule has 0 aliphatic rings. The number of carbonyl (C=O) groups is 1. The Morgan fingerprint density at radius 3 is 2.50 bits per heavy atom. The first kappa shape index (κ1) is 18.5. The summed E-state index contributed by atoms with van der Waals surface area (Å²) in [6.07, 6.45) is 0. The largest absolute Gasteiger partial charge is 0.496 e. The molecule has 0 spiro atoms. The minimum atomic E-state index is 0.0116. The van der Waals surface area contributed by atoms with E-state index < -0.39 is 0 Å². The predicted octanol–water partition coefficient (Wildman–Crippen LogP) is 2.96. The van der Waals surface area contributed by atoms with Crippen LogP contribution in [0.25, 0.3) is 0 Å². The summed E-state index contributed by atoms with van der Waals surface area (Å²) in [4.78, 5) is 12.2. The standard InChI is InChI=1S/C19H23BrN2O2/c1-13(16-9-10-18(24-3)17(20)11-16)21-12-19(23)22-14(2)15-7-5-4-6-8-15/h4-11,13-14,21H,12H2,1-3H3,(H,22,23)/p+1/t13-,14-/m0/s1. The van der Waals surface area contributed by atoms with Crippen molar-refractivity contribution in [3.05, 3.63) is 64.1 Å². The van der Waals surface area contributed by atoms with Crippen molar-refractivity contribution in [2.45, 2.75) is 25.9 Å². The van der Waals surface area contributed by atoms with E-state index in [1.165, 1.54) is 0 Å². The van der Waals surface area contributed by atoms with Gasteiger partial charge in [-0.3, -0.25) is 4.79 Å². The molecule has 0 aliphatic heterocycles. The van der Waals surface area contributed by atoms with Gasteiger partial charge in [0.15, 0.2) is 6.54 Å². The van der Waals surface area contributed by atoms with Crippen molar-refractivity contribution in [3.8, 4) is 5.75 Å². The average Bonchev–Trinajstić information content (AvgIpc) is 2.60. The molecule has 0 aliphatic carbocycles. The summed E-state index contributed by atoms with van der Waals surface area (Å²) in [5.74, 6) is 0.839. The third kappa shape index (κ3) is 5.08. The Morgan fingerprint density at radius 2 is 1.88 bits per heavy atom. The van der Waals surface area contributed by atoms with Crippen LogP contribution in [0.3, 0.4) is 0 Å². The van der Waals surface area contributed by atoms with Gasteiger partial charge in [0.1, 0.15) is 11.8 Å². The summed E-state index contributed by atoms with van der Waals surface area (Å²) in [5, 5.41) is 5.06. The first-order chi connectivity index (χ1) is 11.5. The second-order valence-corrected chi connectivity index (χ2v) is 6.68. The van der Waals surface area contributed by atoms with E-state index in [9.17, 15) is 4.79 Å². The summed E-state index contributed by atoms with van der Waals surface area (Å²) < 4.78 is 6.16. The molecule has 0 heterocycles. The predicted molar refractivity (Wildman–Crippen MR) is 98.9 cm³/mol. The molecule has 2 aromatic rings. The Labute approximate surface area is 151 Å². The molecule has 0 aromatic heterocycles. The SMILES string of the molecule is COc1ccc([C@H](C)[NH2+]CC(=O)N[C@@H](C)c2ccccc2)cc1Br. The Morgan fingerprint density at radius 1 is 1.17 bits per heavy atom. The smallest absolute Gasteiger partial charge is 0.275 e. The minimum absolute atomic E-state index is 0.0116. The van der Waals surface area contributed by atoms with Crippen LogP contribution in [0, 0.1) is 0 Å². The number of nitrogens with two attached hydrogens (primary N) is 1. The Balaban J connectivity index is 1.86. The van der Waals surface area contributed by atoms with E-state index in [1.54, 1.807) is 7.11 Å². The normalized spacial score (nSPS) is 13.2. The van der Waals surface area contributed by atoms with Gasteiger partial charge in [0.2, 0.25) is 0 Å². The van der Waals surface area contributed by atoms with Crippen LogP contribution in [0.15, 0.2) is 53.0 Å². The Bertz CT molecular complexity index is 676. The molecule has 2 aromatic carbocycles. The highest BCUT2D eigenvalue weighted by Crippen LogP contribution is 2.27. The van der Waals surface area contributed by atoms with Gasteiger partial charge in [-0.2, -0.15) is 0 Å². The van der Waals surface area contributed by atoms with Gasteiger partial charge in [0.05, 0.1) is 17.6 Å². The fourth-order valence-corrected chi connectivity index (χ4v) is 3.07. The minimum Gasteiger partial charge on any atom is -0.496 e. The van der Waals surface area contributed by atoms with E-state index in [-0.39, 0.29) is 18.0 Å². The van der Waals surface area contributed by atoms with Gasteiger partial charge < -0.3 is 15.4 Å². The fraction of sp³-hybridized carbons (Fsp3) is 0.316. The van der Waals surface area contributed by atoms with Crippen LogP contribution in [0.1, 0.15) is 37.1 Å². The highest BCUT2D eigenvalue weighted by Gasteiger charge is 2.15. The van der Waals surface area contributed by atoms with Crippen molar-refractivity contribution in [1.29, 1.82) is 0 Å². The van der Waals surface area contributed by atoms with Gasteiger partial charge in [-0.15, -0.1) is 0 Å². The molecule has 0 fully saturated rings. The molecule has 0 saturated heterocycles. The second kappa shape index (κ2) is 8.85. The maximum Gasteiger partial charge on any atom is 0.275 e. The lowest BCUT2D eigenvalue weighted by atomic mass is 10.1. The number of amides is 1. The van der Waals surface area contributed by atoms with E-state index in [4.69, 9.17) is 4.74 Å². The summed E-state index contributed by atoms with van der Waals surface area (Å²) >= 11 is 3.50. The van der Waals surface area contributed by atoms with Crippen molar-refractivity contribution in [2.24, 2.45) is 0 Å². The molecule has 0 radical (unpaired) electrons. The molecule has 4 nitrogen and oxygen atoms in total. The lowest BCUT2D eigenvalue weighted by molar-refractivity contribution is -0.682. The van der Waals surface area contributed by atoms with Crippen molar-refractivity contribution in [1.82, 2.24) is 5.32 Å². The molecular weight excluding hydrogens is 368 g/mol. The zero-order chi connectivity index (χ0) is 17.5. The van der Waals surface area contributed by atoms with Gasteiger partial charge >= 0.3 is 0 Å². The van der Waals surface area contributed by atoms with E-state index in [1.807, 2.05) is 60.8 Å². The summed E-state index contributed by atoms with van der Waals surface area (Å²) in [6, 6.07) is 16.2.